The first-order valence-electron chi connectivity index (χ1n) is 9.69. The molecule has 0 saturated heterocycles. The van der Waals surface area contributed by atoms with E-state index in [1.165, 1.54) is 41.5 Å². The lowest BCUT2D eigenvalue weighted by Gasteiger charge is -2.46. The number of anilines is 1. The van der Waals surface area contributed by atoms with Crippen molar-refractivity contribution in [3.05, 3.63) is 101 Å². The van der Waals surface area contributed by atoms with Gasteiger partial charge in [0.1, 0.15) is 0 Å². The Hall–Kier alpha value is -2.54. The molecule has 0 amide bonds. The molecule has 3 aromatic carbocycles. The highest BCUT2D eigenvalue weighted by Crippen LogP contribution is 2.54. The fourth-order valence-electron chi connectivity index (χ4n) is 4.89. The number of nitrogen functional groups attached to an aromatic ring is 1. The van der Waals surface area contributed by atoms with Crippen LogP contribution in [0.3, 0.4) is 0 Å². The molecule has 1 fully saturated rings. The van der Waals surface area contributed by atoms with Crippen LogP contribution in [-0.2, 0) is 5.41 Å². The first-order valence-corrected chi connectivity index (χ1v) is 9.69. The van der Waals surface area contributed by atoms with Crippen molar-refractivity contribution in [2.45, 2.75) is 43.9 Å². The van der Waals surface area contributed by atoms with E-state index in [0.29, 0.717) is 5.92 Å². The molecule has 26 heavy (non-hydrogen) atoms. The quantitative estimate of drug-likeness (QED) is 0.562. The zero-order valence-corrected chi connectivity index (χ0v) is 15.5. The number of benzene rings is 3. The van der Waals surface area contributed by atoms with Gasteiger partial charge in [-0.25, -0.2) is 0 Å². The molecule has 0 spiro atoms. The fourth-order valence-corrected chi connectivity index (χ4v) is 4.89. The Balaban J connectivity index is 1.97. The molecular weight excluding hydrogens is 314 g/mol. The van der Waals surface area contributed by atoms with Crippen molar-refractivity contribution in [3.63, 3.8) is 0 Å². The monoisotopic (exact) mass is 341 g/mol. The second-order valence-corrected chi connectivity index (χ2v) is 7.63. The minimum Gasteiger partial charge on any atom is -0.398 e. The minimum atomic E-state index is -0.0569. The van der Waals surface area contributed by atoms with Crippen molar-refractivity contribution in [1.29, 1.82) is 0 Å². The lowest BCUT2D eigenvalue weighted by molar-refractivity contribution is 0.295. The summed E-state index contributed by atoms with van der Waals surface area (Å²) in [5, 5.41) is 0. The van der Waals surface area contributed by atoms with E-state index < -0.39 is 0 Å². The van der Waals surface area contributed by atoms with Crippen molar-refractivity contribution in [1.82, 2.24) is 0 Å². The SMILES string of the molecule is Cc1ccc(C2(c3ccccc3N)CCCCC2c2ccccc2)cc1. The van der Waals surface area contributed by atoms with E-state index in [-0.39, 0.29) is 5.41 Å². The molecule has 0 aliphatic heterocycles. The Bertz CT molecular complexity index is 866. The fraction of sp³-hybridized carbons (Fsp3) is 0.280. The topological polar surface area (TPSA) is 26.0 Å². The van der Waals surface area contributed by atoms with Crippen LogP contribution in [-0.4, -0.2) is 0 Å². The number of aryl methyl sites for hydroxylation is 1. The van der Waals surface area contributed by atoms with Crippen LogP contribution in [0.1, 0.15) is 53.9 Å². The molecule has 2 unspecified atom stereocenters. The standard InChI is InChI=1S/C25H27N/c1-19-14-16-21(17-15-19)25(23-12-5-6-13-24(23)26)18-8-7-11-22(25)20-9-3-2-4-10-20/h2-6,9-10,12-17,22H,7-8,11,18,26H2,1H3. The molecule has 1 heteroatoms. The Morgan fingerprint density at radius 2 is 1.50 bits per heavy atom. The molecule has 0 heterocycles. The molecule has 1 aliphatic rings. The maximum atomic E-state index is 6.54. The number of nitrogens with two attached hydrogens (primary N) is 1. The second-order valence-electron chi connectivity index (χ2n) is 7.63. The predicted molar refractivity (Wildman–Crippen MR) is 110 cm³/mol. The molecule has 0 aromatic heterocycles. The van der Waals surface area contributed by atoms with E-state index >= 15 is 0 Å². The van der Waals surface area contributed by atoms with Gasteiger partial charge in [0.15, 0.2) is 0 Å². The maximum absolute atomic E-state index is 6.54. The third-order valence-electron chi connectivity index (χ3n) is 6.12. The molecule has 1 saturated carbocycles. The maximum Gasteiger partial charge on any atom is 0.0355 e. The third kappa shape index (κ3) is 2.82. The van der Waals surface area contributed by atoms with Crippen LogP contribution >= 0.6 is 0 Å². The van der Waals surface area contributed by atoms with Gasteiger partial charge >= 0.3 is 0 Å². The van der Waals surface area contributed by atoms with Crippen LogP contribution in [0, 0.1) is 6.92 Å². The summed E-state index contributed by atoms with van der Waals surface area (Å²) in [5.74, 6) is 0.449. The highest BCUT2D eigenvalue weighted by atomic mass is 14.6. The van der Waals surface area contributed by atoms with Gasteiger partial charge in [-0.2, -0.15) is 0 Å². The van der Waals surface area contributed by atoms with Gasteiger partial charge in [0.05, 0.1) is 0 Å². The predicted octanol–water partition coefficient (Wildman–Crippen LogP) is 6.22. The Morgan fingerprint density at radius 3 is 2.23 bits per heavy atom. The van der Waals surface area contributed by atoms with Crippen molar-refractivity contribution in [3.8, 4) is 0 Å². The Labute approximate surface area is 156 Å². The average Bonchev–Trinajstić information content (AvgIpc) is 2.69. The van der Waals surface area contributed by atoms with Gasteiger partial charge in [-0.05, 0) is 48.4 Å². The molecular formula is C25H27N. The van der Waals surface area contributed by atoms with Crippen LogP contribution in [0.2, 0.25) is 0 Å². The van der Waals surface area contributed by atoms with E-state index in [4.69, 9.17) is 5.73 Å². The van der Waals surface area contributed by atoms with Crippen molar-refractivity contribution >= 4 is 5.69 Å². The van der Waals surface area contributed by atoms with Gasteiger partial charge in [0.2, 0.25) is 0 Å². The summed E-state index contributed by atoms with van der Waals surface area (Å²) < 4.78 is 0. The third-order valence-corrected chi connectivity index (χ3v) is 6.12. The van der Waals surface area contributed by atoms with Gasteiger partial charge in [0.25, 0.3) is 0 Å². The van der Waals surface area contributed by atoms with Crippen LogP contribution in [0.15, 0.2) is 78.9 Å². The lowest BCUT2D eigenvalue weighted by atomic mass is 9.57. The smallest absolute Gasteiger partial charge is 0.0355 e. The summed E-state index contributed by atoms with van der Waals surface area (Å²) >= 11 is 0. The molecule has 132 valence electrons. The molecule has 0 radical (unpaired) electrons. The highest BCUT2D eigenvalue weighted by molar-refractivity contribution is 5.58. The first-order chi connectivity index (χ1) is 12.7. The summed E-state index contributed by atoms with van der Waals surface area (Å²) in [6.45, 7) is 2.16. The zero-order chi connectivity index (χ0) is 18.0. The van der Waals surface area contributed by atoms with Gasteiger partial charge < -0.3 is 5.73 Å². The zero-order valence-electron chi connectivity index (χ0n) is 15.5. The van der Waals surface area contributed by atoms with Gasteiger partial charge in [-0.1, -0.05) is 91.2 Å². The van der Waals surface area contributed by atoms with Crippen LogP contribution in [0.5, 0.6) is 0 Å². The molecule has 1 nitrogen and oxygen atoms in total. The van der Waals surface area contributed by atoms with Crippen molar-refractivity contribution in [2.75, 3.05) is 5.73 Å². The number of hydrogen-bond donors (Lipinski definition) is 1. The Morgan fingerprint density at radius 1 is 0.808 bits per heavy atom. The van der Waals surface area contributed by atoms with Crippen molar-refractivity contribution in [2.24, 2.45) is 0 Å². The van der Waals surface area contributed by atoms with Crippen molar-refractivity contribution < 1.29 is 0 Å². The second kappa shape index (κ2) is 6.99. The molecule has 3 aromatic rings. The average molecular weight is 341 g/mol. The van der Waals surface area contributed by atoms with Gasteiger partial charge in [-0.15, -0.1) is 0 Å². The molecule has 2 atom stereocenters. The van der Waals surface area contributed by atoms with E-state index in [2.05, 4.69) is 79.7 Å². The summed E-state index contributed by atoms with van der Waals surface area (Å²) in [7, 11) is 0. The van der Waals surface area contributed by atoms with Gasteiger partial charge in [0, 0.05) is 11.1 Å². The molecule has 1 aliphatic carbocycles. The molecule has 2 N–H and O–H groups in total. The summed E-state index contributed by atoms with van der Waals surface area (Å²) in [6.07, 6.45) is 4.86. The normalized spacial score (nSPS) is 22.9. The number of hydrogen-bond acceptors (Lipinski definition) is 1. The van der Waals surface area contributed by atoms with E-state index in [9.17, 15) is 0 Å². The lowest BCUT2D eigenvalue weighted by Crippen LogP contribution is -2.38. The van der Waals surface area contributed by atoms with Gasteiger partial charge in [-0.3, -0.25) is 0 Å². The van der Waals surface area contributed by atoms with Crippen LogP contribution < -0.4 is 5.73 Å². The van der Waals surface area contributed by atoms with Crippen LogP contribution in [0.25, 0.3) is 0 Å². The van der Waals surface area contributed by atoms with Crippen LogP contribution in [0.4, 0.5) is 5.69 Å². The molecule has 0 bridgehead atoms. The minimum absolute atomic E-state index is 0.0569. The summed E-state index contributed by atoms with van der Waals surface area (Å²) in [4.78, 5) is 0. The summed E-state index contributed by atoms with van der Waals surface area (Å²) in [6, 6.07) is 28.6. The number of para-hydroxylation sites is 1. The molecule has 4 rings (SSSR count). The highest BCUT2D eigenvalue weighted by Gasteiger charge is 2.45. The summed E-state index contributed by atoms with van der Waals surface area (Å²) in [5.41, 5.74) is 12.8. The van der Waals surface area contributed by atoms with E-state index in [1.807, 2.05) is 6.07 Å². The number of rotatable bonds is 3. The van der Waals surface area contributed by atoms with E-state index in [0.717, 1.165) is 12.1 Å². The largest absolute Gasteiger partial charge is 0.398 e. The first kappa shape index (κ1) is 16.9. The van der Waals surface area contributed by atoms with E-state index in [1.54, 1.807) is 0 Å². The Kier molecular flexibility index (Phi) is 4.55.